The molecule has 1 fully saturated rings. The van der Waals surface area contributed by atoms with E-state index in [2.05, 4.69) is 10.6 Å². The number of benzene rings is 1. The first kappa shape index (κ1) is 28.1. The van der Waals surface area contributed by atoms with Crippen molar-refractivity contribution in [2.24, 2.45) is 5.92 Å². The number of hydrogen-bond acceptors (Lipinski definition) is 6. The zero-order chi connectivity index (χ0) is 26.3. The van der Waals surface area contributed by atoms with E-state index >= 15 is 0 Å². The van der Waals surface area contributed by atoms with Crippen molar-refractivity contribution in [1.82, 2.24) is 15.5 Å². The van der Waals surface area contributed by atoms with Gasteiger partial charge >= 0.3 is 12.1 Å². The van der Waals surface area contributed by atoms with Gasteiger partial charge in [0.1, 0.15) is 18.2 Å². The average Bonchev–Trinajstić information content (AvgIpc) is 3.45. The Labute approximate surface area is 207 Å². The van der Waals surface area contributed by atoms with Gasteiger partial charge in [-0.3, -0.25) is 14.4 Å². The highest BCUT2D eigenvalue weighted by molar-refractivity contribution is 5.91. The van der Waals surface area contributed by atoms with Crippen LogP contribution < -0.4 is 10.6 Å². The molecule has 35 heavy (non-hydrogen) atoms. The summed E-state index contributed by atoms with van der Waals surface area (Å²) < 4.78 is 10.2. The van der Waals surface area contributed by atoms with E-state index in [4.69, 9.17) is 9.47 Å². The molecular weight excluding hydrogens is 450 g/mol. The van der Waals surface area contributed by atoms with Gasteiger partial charge in [0.2, 0.25) is 11.8 Å². The lowest BCUT2D eigenvalue weighted by Gasteiger charge is -2.33. The lowest BCUT2D eigenvalue weighted by atomic mass is 9.96. The van der Waals surface area contributed by atoms with Crippen LogP contribution >= 0.6 is 0 Å². The van der Waals surface area contributed by atoms with Crippen molar-refractivity contribution in [3.05, 3.63) is 34.9 Å². The van der Waals surface area contributed by atoms with Crippen LogP contribution in [0.2, 0.25) is 0 Å². The maximum Gasteiger partial charge on any atom is 0.408 e. The van der Waals surface area contributed by atoms with E-state index < -0.39 is 23.7 Å². The van der Waals surface area contributed by atoms with E-state index in [1.165, 1.54) is 0 Å². The van der Waals surface area contributed by atoms with Gasteiger partial charge in [0, 0.05) is 12.6 Å². The molecule has 0 saturated heterocycles. The first-order chi connectivity index (χ1) is 16.3. The van der Waals surface area contributed by atoms with Crippen LogP contribution in [-0.2, 0) is 23.9 Å². The number of rotatable bonds is 10. The standard InChI is InChI=1S/C26H39N3O6/c1-8-34-22(31)11-12-27-24(32)23(19-10-9-16(2)13-17(19)3)29(20-14-18(20)4)21(30)15-28-25(33)35-26(5,6)7/h9-10,13,18,20,23H,8,11-12,14-15H2,1-7H3,(H,27,32)(H,28,33). The largest absolute Gasteiger partial charge is 0.466 e. The van der Waals surface area contributed by atoms with Crippen molar-refractivity contribution in [3.63, 3.8) is 0 Å². The molecule has 1 aromatic carbocycles. The van der Waals surface area contributed by atoms with Gasteiger partial charge in [-0.15, -0.1) is 0 Å². The summed E-state index contributed by atoms with van der Waals surface area (Å²) in [6.07, 6.45) is 0.0969. The van der Waals surface area contributed by atoms with Crippen molar-refractivity contribution in [2.75, 3.05) is 19.7 Å². The minimum Gasteiger partial charge on any atom is -0.466 e. The molecule has 3 unspecified atom stereocenters. The molecule has 0 radical (unpaired) electrons. The maximum absolute atomic E-state index is 13.5. The average molecular weight is 490 g/mol. The molecule has 0 heterocycles. The Morgan fingerprint density at radius 2 is 1.80 bits per heavy atom. The topological polar surface area (TPSA) is 114 Å². The predicted octanol–water partition coefficient (Wildman–Crippen LogP) is 3.18. The highest BCUT2D eigenvalue weighted by Crippen LogP contribution is 2.40. The molecule has 3 atom stereocenters. The van der Waals surface area contributed by atoms with E-state index in [1.54, 1.807) is 32.6 Å². The number of esters is 1. The van der Waals surface area contributed by atoms with Crippen LogP contribution in [0.3, 0.4) is 0 Å². The van der Waals surface area contributed by atoms with Gasteiger partial charge in [0.15, 0.2) is 0 Å². The number of ether oxygens (including phenoxy) is 2. The molecule has 9 heteroatoms. The van der Waals surface area contributed by atoms with Gasteiger partial charge in [-0.25, -0.2) is 4.79 Å². The van der Waals surface area contributed by atoms with E-state index in [1.807, 2.05) is 39.0 Å². The molecule has 3 amide bonds. The Hall–Kier alpha value is -3.10. The first-order valence-corrected chi connectivity index (χ1v) is 12.1. The Morgan fingerprint density at radius 1 is 1.14 bits per heavy atom. The molecular formula is C26H39N3O6. The van der Waals surface area contributed by atoms with Crippen molar-refractivity contribution in [3.8, 4) is 0 Å². The second-order valence-corrected chi connectivity index (χ2v) is 10.0. The van der Waals surface area contributed by atoms with Crippen LogP contribution in [-0.4, -0.2) is 60.1 Å². The van der Waals surface area contributed by atoms with Crippen LogP contribution in [0.4, 0.5) is 4.79 Å². The van der Waals surface area contributed by atoms with E-state index in [9.17, 15) is 19.2 Å². The van der Waals surface area contributed by atoms with Gasteiger partial charge < -0.3 is 25.0 Å². The summed E-state index contributed by atoms with van der Waals surface area (Å²) in [6, 6.07) is 4.69. The Bertz CT molecular complexity index is 940. The van der Waals surface area contributed by atoms with Crippen molar-refractivity contribution in [2.45, 2.75) is 79.0 Å². The van der Waals surface area contributed by atoms with Gasteiger partial charge in [0.25, 0.3) is 0 Å². The third-order valence-electron chi connectivity index (χ3n) is 5.68. The molecule has 0 aromatic heterocycles. The lowest BCUT2D eigenvalue weighted by molar-refractivity contribution is -0.144. The number of amides is 3. The molecule has 9 nitrogen and oxygen atoms in total. The Kier molecular flexibility index (Phi) is 9.68. The molecule has 0 spiro atoms. The Balaban J connectivity index is 2.28. The van der Waals surface area contributed by atoms with Crippen molar-refractivity contribution in [1.29, 1.82) is 0 Å². The number of alkyl carbamates (subject to hydrolysis) is 1. The highest BCUT2D eigenvalue weighted by Gasteiger charge is 2.46. The van der Waals surface area contributed by atoms with E-state index in [0.717, 1.165) is 17.5 Å². The SMILES string of the molecule is CCOC(=O)CCNC(=O)C(c1ccc(C)cc1C)N(C(=O)CNC(=O)OC(C)(C)C)C1CC1C. The predicted molar refractivity (Wildman–Crippen MR) is 132 cm³/mol. The number of nitrogens with one attached hydrogen (secondary N) is 2. The highest BCUT2D eigenvalue weighted by atomic mass is 16.6. The van der Waals surface area contributed by atoms with Gasteiger partial charge in [0.05, 0.1) is 13.0 Å². The number of hydrogen-bond donors (Lipinski definition) is 2. The smallest absolute Gasteiger partial charge is 0.408 e. The summed E-state index contributed by atoms with van der Waals surface area (Å²) in [4.78, 5) is 52.3. The zero-order valence-corrected chi connectivity index (χ0v) is 21.9. The number of carbonyl (C=O) groups excluding carboxylic acids is 4. The Morgan fingerprint density at radius 3 is 2.34 bits per heavy atom. The summed E-state index contributed by atoms with van der Waals surface area (Å²) in [5.74, 6) is -0.941. The second-order valence-electron chi connectivity index (χ2n) is 10.0. The number of aryl methyl sites for hydroxylation is 2. The van der Waals surface area contributed by atoms with Crippen LogP contribution in [0.25, 0.3) is 0 Å². The van der Waals surface area contributed by atoms with Crippen molar-refractivity contribution < 1.29 is 28.7 Å². The third kappa shape index (κ3) is 8.56. The summed E-state index contributed by atoms with van der Waals surface area (Å²) >= 11 is 0. The molecule has 194 valence electrons. The van der Waals surface area contributed by atoms with Gasteiger partial charge in [-0.05, 0) is 65.0 Å². The fraction of sp³-hybridized carbons (Fsp3) is 0.615. The van der Waals surface area contributed by atoms with Crippen LogP contribution in [0, 0.1) is 19.8 Å². The second kappa shape index (κ2) is 12.0. The minimum atomic E-state index is -0.902. The number of carbonyl (C=O) groups is 4. The molecule has 1 aliphatic carbocycles. The van der Waals surface area contributed by atoms with Gasteiger partial charge in [-0.1, -0.05) is 30.7 Å². The quantitative estimate of drug-likeness (QED) is 0.488. The molecule has 0 aliphatic heterocycles. The summed E-state index contributed by atoms with van der Waals surface area (Å²) in [5.41, 5.74) is 1.92. The molecule has 2 N–H and O–H groups in total. The summed E-state index contributed by atoms with van der Waals surface area (Å²) in [5, 5.41) is 5.31. The van der Waals surface area contributed by atoms with Crippen LogP contribution in [0.1, 0.15) is 70.2 Å². The number of nitrogens with zero attached hydrogens (tertiary/aromatic N) is 1. The normalized spacial score (nSPS) is 17.7. The van der Waals surface area contributed by atoms with Crippen molar-refractivity contribution >= 4 is 23.9 Å². The van der Waals surface area contributed by atoms with Crippen LogP contribution in [0.5, 0.6) is 0 Å². The molecule has 0 bridgehead atoms. The van der Waals surface area contributed by atoms with Crippen LogP contribution in [0.15, 0.2) is 18.2 Å². The van der Waals surface area contributed by atoms with E-state index in [0.29, 0.717) is 5.56 Å². The molecule has 2 rings (SSSR count). The monoisotopic (exact) mass is 489 g/mol. The zero-order valence-electron chi connectivity index (χ0n) is 21.9. The van der Waals surface area contributed by atoms with E-state index in [-0.39, 0.29) is 49.9 Å². The molecule has 1 saturated carbocycles. The lowest BCUT2D eigenvalue weighted by Crippen LogP contribution is -2.49. The fourth-order valence-electron chi connectivity index (χ4n) is 3.93. The molecule has 1 aromatic rings. The first-order valence-electron chi connectivity index (χ1n) is 12.1. The fourth-order valence-corrected chi connectivity index (χ4v) is 3.93. The molecule has 1 aliphatic rings. The maximum atomic E-state index is 13.5. The van der Waals surface area contributed by atoms with Gasteiger partial charge in [-0.2, -0.15) is 0 Å². The summed E-state index contributed by atoms with van der Waals surface area (Å²) in [6.45, 7) is 12.9. The third-order valence-corrected chi connectivity index (χ3v) is 5.68. The summed E-state index contributed by atoms with van der Waals surface area (Å²) in [7, 11) is 0. The minimum absolute atomic E-state index is 0.0349.